The molecule has 0 spiro atoms. The van der Waals surface area contributed by atoms with E-state index in [0.717, 1.165) is 71.3 Å². The highest BCUT2D eigenvalue weighted by Crippen LogP contribution is 2.20. The van der Waals surface area contributed by atoms with Crippen LogP contribution < -0.4 is 29.6 Å². The number of anilines is 2. The van der Waals surface area contributed by atoms with Crippen LogP contribution in [0.5, 0.6) is 0 Å². The van der Waals surface area contributed by atoms with Gasteiger partial charge >= 0.3 is 0 Å². The molecule has 0 unspecified atom stereocenters. The van der Waals surface area contributed by atoms with E-state index < -0.39 is 0 Å². The lowest BCUT2D eigenvalue weighted by Crippen LogP contribution is -2.37. The number of nitriles is 2. The minimum absolute atomic E-state index is 0.0611. The van der Waals surface area contributed by atoms with Crippen molar-refractivity contribution < 1.29 is 18.7 Å². The SMILES string of the molecule is CN(CCC#N)c1ccc(/C=C/c2cccc[n+]2CCCC(=O)NCCSSCCNC(=O)CCC[n+]2ccccc2/C=C/c2ccc(N(C)CCC#N)cc2)cc1. The molecule has 0 saturated carbocycles. The normalized spacial score (nSPS) is 11.0. The van der Waals surface area contributed by atoms with Gasteiger partial charge in [0.25, 0.3) is 0 Å². The summed E-state index contributed by atoms with van der Waals surface area (Å²) in [6.45, 7) is 4.14. The van der Waals surface area contributed by atoms with E-state index in [1.807, 2.05) is 50.8 Å². The monoisotopic (exact) mass is 816 g/mol. The molecule has 2 aromatic heterocycles. The van der Waals surface area contributed by atoms with Crippen molar-refractivity contribution >= 4 is 69.1 Å². The van der Waals surface area contributed by atoms with Gasteiger partial charge in [-0.3, -0.25) is 9.59 Å². The summed E-state index contributed by atoms with van der Waals surface area (Å²) in [6.07, 6.45) is 15.9. The van der Waals surface area contributed by atoms with Crippen LogP contribution in [0.15, 0.2) is 97.3 Å². The molecule has 2 amide bonds. The van der Waals surface area contributed by atoms with Gasteiger partial charge < -0.3 is 20.4 Å². The first kappa shape index (κ1) is 45.1. The van der Waals surface area contributed by atoms with Gasteiger partial charge in [-0.25, -0.2) is 0 Å². The van der Waals surface area contributed by atoms with Gasteiger partial charge in [0, 0.05) is 125 Å². The summed E-state index contributed by atoms with van der Waals surface area (Å²) < 4.78 is 4.33. The Hall–Kier alpha value is -5.56. The van der Waals surface area contributed by atoms with Gasteiger partial charge in [0.1, 0.15) is 13.1 Å². The van der Waals surface area contributed by atoms with Crippen molar-refractivity contribution in [3.05, 3.63) is 120 Å². The van der Waals surface area contributed by atoms with Crippen molar-refractivity contribution in [2.24, 2.45) is 0 Å². The van der Waals surface area contributed by atoms with Gasteiger partial charge in [-0.15, -0.1) is 0 Å². The number of carbonyl (C=O) groups excluding carboxylic acids is 2. The van der Waals surface area contributed by atoms with E-state index in [1.165, 1.54) is 0 Å². The fraction of sp³-hybridized carbons (Fsp3) is 0.348. The van der Waals surface area contributed by atoms with Crippen molar-refractivity contribution in [1.82, 2.24) is 10.6 Å². The zero-order valence-electron chi connectivity index (χ0n) is 33.8. The second kappa shape index (κ2) is 26.4. The third-order valence-corrected chi connectivity index (χ3v) is 11.7. The minimum Gasteiger partial charge on any atom is -0.374 e. The van der Waals surface area contributed by atoms with Crippen molar-refractivity contribution in [3.8, 4) is 12.1 Å². The van der Waals surface area contributed by atoms with Crippen LogP contribution in [-0.2, 0) is 22.7 Å². The number of aryl methyl sites for hydroxylation is 2. The Morgan fingerprint density at radius 1 is 0.621 bits per heavy atom. The van der Waals surface area contributed by atoms with Gasteiger partial charge in [-0.1, -0.05) is 45.9 Å². The van der Waals surface area contributed by atoms with E-state index >= 15 is 0 Å². The summed E-state index contributed by atoms with van der Waals surface area (Å²) in [5.74, 6) is 1.74. The van der Waals surface area contributed by atoms with Crippen molar-refractivity contribution in [2.75, 3.05) is 61.6 Å². The molecule has 4 aromatic rings. The maximum absolute atomic E-state index is 12.5. The van der Waals surface area contributed by atoms with Crippen LogP contribution in [0.4, 0.5) is 11.4 Å². The number of benzene rings is 2. The summed E-state index contributed by atoms with van der Waals surface area (Å²) in [5.41, 5.74) is 6.51. The molecule has 0 aliphatic carbocycles. The van der Waals surface area contributed by atoms with Crippen LogP contribution in [-0.4, -0.2) is 63.6 Å². The maximum Gasteiger partial charge on any atom is 0.220 e. The maximum atomic E-state index is 12.5. The molecule has 302 valence electrons. The van der Waals surface area contributed by atoms with Gasteiger partial charge in [0.2, 0.25) is 23.2 Å². The highest BCUT2D eigenvalue weighted by atomic mass is 33.1. The van der Waals surface area contributed by atoms with Crippen LogP contribution in [0.2, 0.25) is 0 Å². The Balaban J connectivity index is 1.04. The molecule has 0 saturated heterocycles. The average molecular weight is 817 g/mol. The van der Waals surface area contributed by atoms with Gasteiger partial charge in [0.15, 0.2) is 12.4 Å². The van der Waals surface area contributed by atoms with E-state index in [2.05, 4.69) is 127 Å². The van der Waals surface area contributed by atoms with E-state index in [0.29, 0.717) is 51.9 Å². The molecule has 12 heteroatoms. The first-order valence-electron chi connectivity index (χ1n) is 19.8. The topological polar surface area (TPSA) is 120 Å². The fourth-order valence-electron chi connectivity index (χ4n) is 6.00. The lowest BCUT2D eigenvalue weighted by molar-refractivity contribution is -0.699. The Bertz CT molecular complexity index is 1860. The van der Waals surface area contributed by atoms with Crippen molar-refractivity contribution in [1.29, 1.82) is 10.5 Å². The number of rotatable bonds is 25. The summed E-state index contributed by atoms with van der Waals surface area (Å²) >= 11 is 0. The molecular formula is C46H56N8O2S2+2. The standard InChI is InChI=1S/C46H54N8O2S2/c1-51(31-9-27-47)41-21-15-39(16-22-41)19-25-43-11-3-5-33-53(43)35-7-13-45(55)49-29-37-57-58-38-30-50-46(56)14-8-36-54-34-6-4-12-44(54)26-20-40-17-23-42(24-18-40)52(2)32-10-28-48/h3-6,11-12,15-26,33-34H,7-10,13-14,29-32,35-38H2,1-2H3/p+2. The van der Waals surface area contributed by atoms with Crippen LogP contribution in [0.25, 0.3) is 24.3 Å². The van der Waals surface area contributed by atoms with Crippen LogP contribution >= 0.6 is 21.6 Å². The molecule has 0 atom stereocenters. The van der Waals surface area contributed by atoms with Crippen LogP contribution in [0.1, 0.15) is 61.0 Å². The van der Waals surface area contributed by atoms with E-state index in [9.17, 15) is 9.59 Å². The lowest BCUT2D eigenvalue weighted by atomic mass is 10.1. The smallest absolute Gasteiger partial charge is 0.220 e. The number of aromatic nitrogens is 2. The first-order chi connectivity index (χ1) is 28.4. The molecule has 2 N–H and O–H groups in total. The molecule has 58 heavy (non-hydrogen) atoms. The summed E-state index contributed by atoms with van der Waals surface area (Å²) in [4.78, 5) is 29.1. The summed E-state index contributed by atoms with van der Waals surface area (Å²) in [6, 6.07) is 33.2. The quantitative estimate of drug-likeness (QED) is 0.0411. The number of nitrogens with zero attached hydrogens (tertiary/aromatic N) is 6. The molecule has 0 radical (unpaired) electrons. The minimum atomic E-state index is 0.0611. The molecule has 0 bridgehead atoms. The van der Waals surface area contributed by atoms with Gasteiger partial charge in [0.05, 0.1) is 25.0 Å². The third-order valence-electron chi connectivity index (χ3n) is 9.33. The number of hydrogen-bond donors (Lipinski definition) is 2. The summed E-state index contributed by atoms with van der Waals surface area (Å²) in [5, 5.41) is 23.7. The van der Waals surface area contributed by atoms with Crippen LogP contribution in [0.3, 0.4) is 0 Å². The van der Waals surface area contributed by atoms with E-state index in [4.69, 9.17) is 10.5 Å². The third kappa shape index (κ3) is 16.9. The van der Waals surface area contributed by atoms with Gasteiger partial charge in [-0.05, 0) is 59.7 Å². The van der Waals surface area contributed by atoms with E-state index in [-0.39, 0.29) is 11.8 Å². The molecule has 4 rings (SSSR count). The number of carbonyl (C=O) groups is 2. The zero-order valence-corrected chi connectivity index (χ0v) is 35.4. The zero-order chi connectivity index (χ0) is 41.2. The number of hydrogen-bond acceptors (Lipinski definition) is 8. The first-order valence-corrected chi connectivity index (χ1v) is 22.3. The fourth-order valence-corrected chi connectivity index (χ4v) is 7.82. The molecule has 10 nitrogen and oxygen atoms in total. The van der Waals surface area contributed by atoms with Gasteiger partial charge in [-0.2, -0.15) is 19.7 Å². The van der Waals surface area contributed by atoms with Crippen LogP contribution in [0, 0.1) is 22.7 Å². The average Bonchev–Trinajstić information content (AvgIpc) is 3.25. The highest BCUT2D eigenvalue weighted by molar-refractivity contribution is 8.76. The Kier molecular flexibility index (Phi) is 20.5. The Labute approximate surface area is 352 Å². The molecule has 2 heterocycles. The lowest BCUT2D eigenvalue weighted by Gasteiger charge is -2.17. The van der Waals surface area contributed by atoms with Crippen molar-refractivity contribution in [3.63, 3.8) is 0 Å². The molecule has 0 aliphatic heterocycles. The Morgan fingerprint density at radius 2 is 1.03 bits per heavy atom. The number of pyridine rings is 2. The largest absolute Gasteiger partial charge is 0.374 e. The molecule has 0 fully saturated rings. The Morgan fingerprint density at radius 3 is 1.43 bits per heavy atom. The number of nitrogens with one attached hydrogen (secondary N) is 2. The van der Waals surface area contributed by atoms with E-state index in [1.54, 1.807) is 21.6 Å². The predicted octanol–water partition coefficient (Wildman–Crippen LogP) is 7.18. The second-order valence-electron chi connectivity index (χ2n) is 13.7. The molecule has 0 aliphatic rings. The highest BCUT2D eigenvalue weighted by Gasteiger charge is 2.11. The predicted molar refractivity (Wildman–Crippen MR) is 240 cm³/mol. The number of amides is 2. The molecular weight excluding hydrogens is 761 g/mol. The summed E-state index contributed by atoms with van der Waals surface area (Å²) in [7, 11) is 7.40. The molecule has 2 aromatic carbocycles. The second-order valence-corrected chi connectivity index (χ2v) is 16.4. The van der Waals surface area contributed by atoms with Crippen molar-refractivity contribution in [2.45, 2.75) is 51.6 Å².